The average Bonchev–Trinajstić information content (AvgIpc) is 2.75. The normalized spacial score (nSPS) is 16.2. The highest BCUT2D eigenvalue weighted by molar-refractivity contribution is 6.09. The lowest BCUT2D eigenvalue weighted by molar-refractivity contribution is -0.122. The lowest BCUT2D eigenvalue weighted by Gasteiger charge is -2.14. The Morgan fingerprint density at radius 3 is 2.68 bits per heavy atom. The van der Waals surface area contributed by atoms with Crippen LogP contribution in [-0.2, 0) is 16.1 Å². The largest absolute Gasteiger partial charge is 0.352 e. The van der Waals surface area contributed by atoms with E-state index in [1.807, 2.05) is 12.1 Å². The molecule has 2 aromatic rings. The van der Waals surface area contributed by atoms with Crippen LogP contribution in [0, 0.1) is 0 Å². The second kappa shape index (κ2) is 7.57. The third kappa shape index (κ3) is 4.20. The van der Waals surface area contributed by atoms with Gasteiger partial charge in [-0.1, -0.05) is 12.1 Å². The fourth-order valence-electron chi connectivity index (χ4n) is 2.58. The molecule has 0 aliphatic carbocycles. The van der Waals surface area contributed by atoms with Crippen LogP contribution in [0.1, 0.15) is 28.8 Å². The van der Waals surface area contributed by atoms with Crippen molar-refractivity contribution in [2.24, 2.45) is 0 Å². The van der Waals surface area contributed by atoms with Gasteiger partial charge in [-0.25, -0.2) is 0 Å². The number of para-hydroxylation sites is 1. The number of aromatic nitrogens is 1. The number of nitrogens with zero attached hydrogens (tertiary/aromatic N) is 1. The smallest absolute Gasteiger partial charge is 0.254 e. The first-order chi connectivity index (χ1) is 12.1. The lowest BCUT2D eigenvalue weighted by atomic mass is 10.1. The van der Waals surface area contributed by atoms with Gasteiger partial charge < -0.3 is 16.0 Å². The highest BCUT2D eigenvalue weighted by atomic mass is 16.2. The number of pyridine rings is 1. The van der Waals surface area contributed by atoms with Crippen LogP contribution in [0.15, 0.2) is 48.8 Å². The Balaban J connectivity index is 1.54. The molecule has 1 aliphatic heterocycles. The number of fused-ring (bicyclic) bond motifs is 1. The van der Waals surface area contributed by atoms with Crippen LogP contribution >= 0.6 is 0 Å². The van der Waals surface area contributed by atoms with Crippen LogP contribution in [0.4, 0.5) is 5.69 Å². The number of carbonyl (C=O) groups is 3. The third-order valence-corrected chi connectivity index (χ3v) is 3.95. The number of hydrogen-bond donors (Lipinski definition) is 3. The van der Waals surface area contributed by atoms with Gasteiger partial charge >= 0.3 is 0 Å². The van der Waals surface area contributed by atoms with E-state index in [1.54, 1.807) is 36.7 Å². The van der Waals surface area contributed by atoms with Crippen LogP contribution in [-0.4, -0.2) is 28.7 Å². The first-order valence-corrected chi connectivity index (χ1v) is 8.00. The first-order valence-electron chi connectivity index (χ1n) is 8.00. The van der Waals surface area contributed by atoms with Gasteiger partial charge in [-0.15, -0.1) is 0 Å². The maximum absolute atomic E-state index is 12.2. The monoisotopic (exact) mass is 338 g/mol. The van der Waals surface area contributed by atoms with Gasteiger partial charge in [0.2, 0.25) is 11.8 Å². The molecule has 25 heavy (non-hydrogen) atoms. The topological polar surface area (TPSA) is 100 Å². The summed E-state index contributed by atoms with van der Waals surface area (Å²) in [6.45, 7) is 0.399. The SMILES string of the molecule is O=C(CC[C@@H]1NC(=O)c2ccccc2NC1=O)NCc1ccncc1. The minimum absolute atomic E-state index is 0.139. The van der Waals surface area contributed by atoms with E-state index < -0.39 is 6.04 Å². The van der Waals surface area contributed by atoms with Gasteiger partial charge in [-0.05, 0) is 36.2 Å². The Morgan fingerprint density at radius 1 is 1.12 bits per heavy atom. The van der Waals surface area contributed by atoms with E-state index in [2.05, 4.69) is 20.9 Å². The molecule has 2 heterocycles. The Morgan fingerprint density at radius 2 is 1.88 bits per heavy atom. The minimum atomic E-state index is -0.744. The third-order valence-electron chi connectivity index (χ3n) is 3.95. The fraction of sp³-hybridized carbons (Fsp3) is 0.222. The molecule has 1 aromatic carbocycles. The molecule has 7 heteroatoms. The van der Waals surface area contributed by atoms with Crippen LogP contribution in [0.3, 0.4) is 0 Å². The van der Waals surface area contributed by atoms with Crippen LogP contribution in [0.5, 0.6) is 0 Å². The number of rotatable bonds is 5. The Hall–Kier alpha value is -3.22. The van der Waals surface area contributed by atoms with E-state index in [0.29, 0.717) is 17.8 Å². The van der Waals surface area contributed by atoms with Gasteiger partial charge in [0.25, 0.3) is 5.91 Å². The maximum Gasteiger partial charge on any atom is 0.254 e. The fourth-order valence-corrected chi connectivity index (χ4v) is 2.58. The summed E-state index contributed by atoms with van der Waals surface area (Å²) in [5, 5.41) is 8.18. The molecule has 0 spiro atoms. The van der Waals surface area contributed by atoms with Crippen LogP contribution in [0.25, 0.3) is 0 Å². The summed E-state index contributed by atoms with van der Waals surface area (Å²) in [4.78, 5) is 40.4. The molecule has 0 saturated heterocycles. The molecule has 128 valence electrons. The Labute approximate surface area is 144 Å². The quantitative estimate of drug-likeness (QED) is 0.763. The number of nitrogens with one attached hydrogen (secondary N) is 3. The zero-order chi connectivity index (χ0) is 17.6. The molecule has 0 unspecified atom stereocenters. The van der Waals surface area contributed by atoms with Crippen molar-refractivity contribution in [3.63, 3.8) is 0 Å². The lowest BCUT2D eigenvalue weighted by Crippen LogP contribution is -2.42. The zero-order valence-corrected chi connectivity index (χ0v) is 13.5. The van der Waals surface area contributed by atoms with Crippen molar-refractivity contribution >= 4 is 23.4 Å². The van der Waals surface area contributed by atoms with Crippen molar-refractivity contribution in [3.8, 4) is 0 Å². The van der Waals surface area contributed by atoms with Crippen LogP contribution in [0.2, 0.25) is 0 Å². The summed E-state index contributed by atoms with van der Waals surface area (Å²) in [5.41, 5.74) is 1.84. The highest BCUT2D eigenvalue weighted by Gasteiger charge is 2.27. The van der Waals surface area contributed by atoms with Gasteiger partial charge in [0, 0.05) is 25.4 Å². The summed E-state index contributed by atoms with van der Waals surface area (Å²) in [6, 6.07) is 9.70. The van der Waals surface area contributed by atoms with Gasteiger partial charge in [0.15, 0.2) is 0 Å². The van der Waals surface area contributed by atoms with Crippen molar-refractivity contribution < 1.29 is 14.4 Å². The summed E-state index contributed by atoms with van der Waals surface area (Å²) in [6.07, 6.45) is 3.68. The maximum atomic E-state index is 12.2. The molecule has 1 atom stereocenters. The molecule has 3 rings (SSSR count). The zero-order valence-electron chi connectivity index (χ0n) is 13.5. The Kier molecular flexibility index (Phi) is 5.03. The van der Waals surface area contributed by atoms with Crippen molar-refractivity contribution in [3.05, 3.63) is 59.9 Å². The average molecular weight is 338 g/mol. The van der Waals surface area contributed by atoms with Crippen LogP contribution < -0.4 is 16.0 Å². The van der Waals surface area contributed by atoms with Gasteiger partial charge in [0.05, 0.1) is 11.3 Å². The second-order valence-electron chi connectivity index (χ2n) is 5.73. The molecule has 0 radical (unpaired) electrons. The molecular formula is C18H18N4O3. The molecular weight excluding hydrogens is 320 g/mol. The molecule has 1 aliphatic rings. The Bertz CT molecular complexity index is 792. The van der Waals surface area contributed by atoms with Gasteiger partial charge in [-0.3, -0.25) is 19.4 Å². The standard InChI is InChI=1S/C18H18N4O3/c23-16(20-11-12-7-9-19-10-8-12)6-5-15-18(25)21-14-4-2-1-3-13(14)17(24)22-15/h1-4,7-10,15H,5-6,11H2,(H,20,23)(H,21,25)(H,22,24)/t15-/m0/s1. The molecule has 0 saturated carbocycles. The highest BCUT2D eigenvalue weighted by Crippen LogP contribution is 2.19. The predicted octanol–water partition coefficient (Wildman–Crippen LogP) is 1.23. The molecule has 0 bridgehead atoms. The van der Waals surface area contributed by atoms with E-state index in [9.17, 15) is 14.4 Å². The summed E-state index contributed by atoms with van der Waals surface area (Å²) >= 11 is 0. The number of benzene rings is 1. The summed E-state index contributed by atoms with van der Waals surface area (Å²) in [7, 11) is 0. The van der Waals surface area contributed by atoms with E-state index in [1.165, 1.54) is 0 Å². The van der Waals surface area contributed by atoms with Crippen molar-refractivity contribution in [1.82, 2.24) is 15.6 Å². The number of amides is 3. The minimum Gasteiger partial charge on any atom is -0.352 e. The molecule has 3 amide bonds. The number of hydrogen-bond acceptors (Lipinski definition) is 4. The molecule has 3 N–H and O–H groups in total. The van der Waals surface area contributed by atoms with Crippen molar-refractivity contribution in [2.45, 2.75) is 25.4 Å². The first kappa shape index (κ1) is 16.6. The summed E-state index contributed by atoms with van der Waals surface area (Å²) in [5.74, 6) is -0.822. The van der Waals surface area contributed by atoms with E-state index in [4.69, 9.17) is 0 Å². The number of anilines is 1. The second-order valence-corrected chi connectivity index (χ2v) is 5.73. The molecule has 1 aromatic heterocycles. The van der Waals surface area contributed by atoms with E-state index in [-0.39, 0.29) is 30.6 Å². The molecule has 0 fully saturated rings. The predicted molar refractivity (Wildman–Crippen MR) is 91.6 cm³/mol. The van der Waals surface area contributed by atoms with Crippen molar-refractivity contribution in [2.75, 3.05) is 5.32 Å². The van der Waals surface area contributed by atoms with Gasteiger partial charge in [-0.2, -0.15) is 0 Å². The number of carbonyl (C=O) groups excluding carboxylic acids is 3. The van der Waals surface area contributed by atoms with Gasteiger partial charge in [0.1, 0.15) is 6.04 Å². The van der Waals surface area contributed by atoms with Crippen molar-refractivity contribution in [1.29, 1.82) is 0 Å². The van der Waals surface area contributed by atoms with E-state index >= 15 is 0 Å². The molecule has 7 nitrogen and oxygen atoms in total. The van der Waals surface area contributed by atoms with E-state index in [0.717, 1.165) is 5.56 Å². The summed E-state index contributed by atoms with van der Waals surface area (Å²) < 4.78 is 0.